The van der Waals surface area contributed by atoms with Gasteiger partial charge in [-0.25, -0.2) is 9.37 Å². The van der Waals surface area contributed by atoms with Crippen molar-refractivity contribution in [1.29, 1.82) is 0 Å². The molecule has 1 aromatic rings. The summed E-state index contributed by atoms with van der Waals surface area (Å²) in [6.07, 6.45) is 8.57. The highest BCUT2D eigenvalue weighted by Gasteiger charge is 2.25. The predicted octanol–water partition coefficient (Wildman–Crippen LogP) is 4.02. The normalized spacial score (nSPS) is 17.5. The van der Waals surface area contributed by atoms with Gasteiger partial charge in [-0.2, -0.15) is 4.98 Å². The second kappa shape index (κ2) is 6.65. The molecule has 2 rings (SSSR count). The van der Waals surface area contributed by atoms with Crippen molar-refractivity contribution < 1.29 is 9.18 Å². The molecule has 1 amide bonds. The molecule has 2 heterocycles. The molecule has 0 saturated heterocycles. The largest absolute Gasteiger partial charge is 0.306 e. The van der Waals surface area contributed by atoms with Crippen LogP contribution in [0.4, 0.5) is 10.2 Å². The number of halogens is 3. The van der Waals surface area contributed by atoms with Gasteiger partial charge in [0.2, 0.25) is 5.28 Å². The molecule has 0 spiro atoms. The SMILES string of the molecule is C\C=C/C=C(Cl)\C(F)=C\C=C1\C(=O)Nc2nc(Cl)ncc21. The van der Waals surface area contributed by atoms with Crippen molar-refractivity contribution in [2.45, 2.75) is 6.92 Å². The summed E-state index contributed by atoms with van der Waals surface area (Å²) in [5.74, 6) is -0.756. The van der Waals surface area contributed by atoms with Gasteiger partial charge < -0.3 is 5.32 Å². The molecule has 1 N–H and O–H groups in total. The van der Waals surface area contributed by atoms with Crippen LogP contribution >= 0.6 is 23.2 Å². The highest BCUT2D eigenvalue weighted by atomic mass is 35.5. The summed E-state index contributed by atoms with van der Waals surface area (Å²) in [5.41, 5.74) is 0.703. The number of allylic oxidation sites excluding steroid dienone is 7. The number of amides is 1. The number of aromatic nitrogens is 2. The standard InChI is InChI=1S/C14H10Cl2FN3O/c1-2-3-4-10(15)11(17)6-5-8-9-7-18-14(16)20-12(9)19-13(8)21/h2-7H,1H3,(H,18,19,20,21)/b3-2-,8-5+,10-4+,11-6-. The van der Waals surface area contributed by atoms with E-state index in [-0.39, 0.29) is 15.9 Å². The molecule has 108 valence electrons. The Morgan fingerprint density at radius 3 is 2.90 bits per heavy atom. The monoisotopic (exact) mass is 325 g/mol. The van der Waals surface area contributed by atoms with Crippen molar-refractivity contribution >= 4 is 40.5 Å². The van der Waals surface area contributed by atoms with E-state index in [4.69, 9.17) is 23.2 Å². The topological polar surface area (TPSA) is 54.9 Å². The van der Waals surface area contributed by atoms with Crippen LogP contribution in [0.1, 0.15) is 12.5 Å². The van der Waals surface area contributed by atoms with Crippen molar-refractivity contribution in [2.24, 2.45) is 0 Å². The molecule has 0 aromatic carbocycles. The van der Waals surface area contributed by atoms with Gasteiger partial charge in [0.25, 0.3) is 5.91 Å². The van der Waals surface area contributed by atoms with Crippen LogP contribution in [0.15, 0.2) is 47.4 Å². The van der Waals surface area contributed by atoms with Gasteiger partial charge in [-0.3, -0.25) is 4.79 Å². The Labute approximate surface area is 130 Å². The summed E-state index contributed by atoms with van der Waals surface area (Å²) in [5, 5.41) is 2.49. The fourth-order valence-electron chi connectivity index (χ4n) is 1.61. The van der Waals surface area contributed by atoms with E-state index in [2.05, 4.69) is 15.3 Å². The van der Waals surface area contributed by atoms with Gasteiger partial charge in [-0.1, -0.05) is 23.8 Å². The molecule has 0 saturated carbocycles. The fraction of sp³-hybridized carbons (Fsp3) is 0.0714. The molecule has 1 aliphatic heterocycles. The van der Waals surface area contributed by atoms with Crippen molar-refractivity contribution in [2.75, 3.05) is 5.32 Å². The molecule has 21 heavy (non-hydrogen) atoms. The van der Waals surface area contributed by atoms with Gasteiger partial charge in [-0.15, -0.1) is 0 Å². The molecule has 0 atom stereocenters. The first-order valence-electron chi connectivity index (χ1n) is 5.93. The summed E-state index contributed by atoms with van der Waals surface area (Å²) in [6, 6.07) is 0. The maximum atomic E-state index is 13.7. The highest BCUT2D eigenvalue weighted by molar-refractivity contribution is 6.33. The quantitative estimate of drug-likeness (QED) is 0.518. The molecule has 0 radical (unpaired) electrons. The van der Waals surface area contributed by atoms with Crippen LogP contribution in [-0.2, 0) is 4.79 Å². The lowest BCUT2D eigenvalue weighted by molar-refractivity contribution is -0.110. The summed E-state index contributed by atoms with van der Waals surface area (Å²) < 4.78 is 13.7. The zero-order chi connectivity index (χ0) is 15.4. The van der Waals surface area contributed by atoms with Crippen molar-refractivity contribution in [1.82, 2.24) is 9.97 Å². The van der Waals surface area contributed by atoms with Crippen molar-refractivity contribution in [3.05, 3.63) is 58.3 Å². The van der Waals surface area contributed by atoms with Crippen molar-refractivity contribution in [3.8, 4) is 0 Å². The van der Waals surface area contributed by atoms with E-state index >= 15 is 0 Å². The Balaban J connectivity index is 2.33. The smallest absolute Gasteiger partial charge is 0.257 e. The van der Waals surface area contributed by atoms with E-state index < -0.39 is 11.7 Å². The second-order valence-corrected chi connectivity index (χ2v) is 4.74. The van der Waals surface area contributed by atoms with E-state index in [1.165, 1.54) is 18.3 Å². The van der Waals surface area contributed by atoms with Gasteiger partial charge in [0.1, 0.15) is 11.6 Å². The molecule has 7 heteroatoms. The van der Waals surface area contributed by atoms with Crippen LogP contribution in [0.5, 0.6) is 0 Å². The summed E-state index contributed by atoms with van der Waals surface area (Å²) in [7, 11) is 0. The number of nitrogens with one attached hydrogen (secondary N) is 1. The third kappa shape index (κ3) is 3.56. The Hall–Kier alpha value is -1.98. The molecule has 1 aromatic heterocycles. The number of anilines is 1. The Bertz CT molecular complexity index is 708. The number of fused-ring (bicyclic) bond motifs is 1. The summed E-state index contributed by atoms with van der Waals surface area (Å²) in [4.78, 5) is 19.5. The molecule has 0 bridgehead atoms. The first kappa shape index (κ1) is 15.4. The van der Waals surface area contributed by atoms with Gasteiger partial charge in [-0.05, 0) is 36.8 Å². The Morgan fingerprint density at radius 2 is 2.19 bits per heavy atom. The number of hydrogen-bond donors (Lipinski definition) is 1. The van der Waals surface area contributed by atoms with E-state index in [9.17, 15) is 9.18 Å². The molecule has 0 unspecified atom stereocenters. The molecular weight excluding hydrogens is 316 g/mol. The minimum Gasteiger partial charge on any atom is -0.306 e. The summed E-state index contributed by atoms with van der Waals surface area (Å²) >= 11 is 11.4. The number of nitrogens with zero attached hydrogens (tertiary/aromatic N) is 2. The van der Waals surface area contributed by atoms with Crippen LogP contribution < -0.4 is 5.32 Å². The lowest BCUT2D eigenvalue weighted by Gasteiger charge is -1.96. The van der Waals surface area contributed by atoms with Gasteiger partial charge in [0.15, 0.2) is 0 Å². The van der Waals surface area contributed by atoms with Crippen LogP contribution in [0.2, 0.25) is 5.28 Å². The zero-order valence-corrected chi connectivity index (χ0v) is 12.4. The van der Waals surface area contributed by atoms with Crippen LogP contribution in [-0.4, -0.2) is 15.9 Å². The Kier molecular flexibility index (Phi) is 4.88. The Morgan fingerprint density at radius 1 is 1.43 bits per heavy atom. The number of carbonyl (C=O) groups is 1. The number of carbonyl (C=O) groups excluding carboxylic acids is 1. The molecular formula is C14H10Cl2FN3O. The fourth-order valence-corrected chi connectivity index (χ4v) is 1.88. The maximum absolute atomic E-state index is 13.7. The number of rotatable bonds is 3. The third-order valence-corrected chi connectivity index (χ3v) is 3.07. The lowest BCUT2D eigenvalue weighted by Crippen LogP contribution is -2.04. The summed E-state index contributed by atoms with van der Waals surface area (Å²) in [6.45, 7) is 1.79. The maximum Gasteiger partial charge on any atom is 0.257 e. The van der Waals surface area contributed by atoms with E-state index in [1.54, 1.807) is 19.1 Å². The average Bonchev–Trinajstić information content (AvgIpc) is 2.76. The van der Waals surface area contributed by atoms with E-state index in [0.717, 1.165) is 6.08 Å². The van der Waals surface area contributed by atoms with Crippen LogP contribution in [0, 0.1) is 0 Å². The highest BCUT2D eigenvalue weighted by Crippen LogP contribution is 2.30. The molecule has 0 fully saturated rings. The first-order valence-corrected chi connectivity index (χ1v) is 6.69. The van der Waals surface area contributed by atoms with Crippen LogP contribution in [0.25, 0.3) is 5.57 Å². The predicted molar refractivity (Wildman–Crippen MR) is 81.6 cm³/mol. The van der Waals surface area contributed by atoms with Crippen LogP contribution in [0.3, 0.4) is 0 Å². The lowest BCUT2D eigenvalue weighted by atomic mass is 10.1. The van der Waals surface area contributed by atoms with Gasteiger partial charge in [0.05, 0.1) is 10.6 Å². The first-order chi connectivity index (χ1) is 10.0. The average molecular weight is 326 g/mol. The molecule has 1 aliphatic rings. The van der Waals surface area contributed by atoms with E-state index in [1.807, 2.05) is 0 Å². The van der Waals surface area contributed by atoms with Crippen molar-refractivity contribution in [3.63, 3.8) is 0 Å². The molecule has 0 aliphatic carbocycles. The molecule has 4 nitrogen and oxygen atoms in total. The number of hydrogen-bond acceptors (Lipinski definition) is 3. The zero-order valence-electron chi connectivity index (χ0n) is 10.9. The minimum atomic E-state index is -0.654. The van der Waals surface area contributed by atoms with Gasteiger partial charge in [0, 0.05) is 11.8 Å². The van der Waals surface area contributed by atoms with Gasteiger partial charge >= 0.3 is 0 Å². The van der Waals surface area contributed by atoms with E-state index in [0.29, 0.717) is 11.4 Å². The second-order valence-electron chi connectivity index (χ2n) is 3.99. The third-order valence-electron chi connectivity index (χ3n) is 2.59. The minimum absolute atomic E-state index is 0.0225.